The van der Waals surface area contributed by atoms with Gasteiger partial charge in [0.1, 0.15) is 5.69 Å². The Bertz CT molecular complexity index is 1430. The van der Waals surface area contributed by atoms with E-state index in [1.54, 1.807) is 13.0 Å². The first-order chi connectivity index (χ1) is 15.2. The summed E-state index contributed by atoms with van der Waals surface area (Å²) in [7, 11) is -0.512. The third-order valence-electron chi connectivity index (χ3n) is 5.54. The smallest absolute Gasteiger partial charge is 0.242 e. The van der Waals surface area contributed by atoms with Gasteiger partial charge in [-0.3, -0.25) is 0 Å². The molecule has 32 heavy (non-hydrogen) atoms. The molecule has 4 aromatic rings. The van der Waals surface area contributed by atoms with Crippen molar-refractivity contribution in [3.05, 3.63) is 77.4 Å². The van der Waals surface area contributed by atoms with Gasteiger partial charge in [-0.05, 0) is 44.0 Å². The van der Waals surface area contributed by atoms with Crippen LogP contribution in [0.3, 0.4) is 0 Å². The molecule has 0 atom stereocenters. The lowest BCUT2D eigenvalue weighted by molar-refractivity contribution is 0.520. The summed E-state index contributed by atoms with van der Waals surface area (Å²) < 4.78 is 26.8. The quantitative estimate of drug-likeness (QED) is 0.455. The second-order valence-corrected chi connectivity index (χ2v) is 10.3. The highest BCUT2D eigenvalue weighted by atomic mass is 32.2. The Morgan fingerprint density at radius 3 is 2.22 bits per heavy atom. The average Bonchev–Trinajstić information content (AvgIpc) is 2.76. The SMILES string of the molecule is Cc1ccc(Nc2nnc(-c3ccc(C)c(S(=O)(=O)N(C)C)c3)c3ccccc23)c(C)c1. The number of rotatable bonds is 5. The average molecular weight is 447 g/mol. The van der Waals surface area contributed by atoms with Gasteiger partial charge in [0.15, 0.2) is 5.82 Å². The molecule has 0 bridgehead atoms. The van der Waals surface area contributed by atoms with Crippen molar-refractivity contribution in [3.63, 3.8) is 0 Å². The predicted octanol–water partition coefficient (Wildman–Crippen LogP) is 5.22. The number of nitrogens with zero attached hydrogens (tertiary/aromatic N) is 3. The Morgan fingerprint density at radius 2 is 1.53 bits per heavy atom. The van der Waals surface area contributed by atoms with Gasteiger partial charge in [-0.15, -0.1) is 10.2 Å². The van der Waals surface area contributed by atoms with Crippen LogP contribution in [0.2, 0.25) is 0 Å². The standard InChI is InChI=1S/C25H26N4O2S/c1-16-10-13-22(18(3)14-16)26-25-21-9-7-6-8-20(21)24(27-28-25)19-12-11-17(2)23(15-19)32(30,31)29(4)5/h6-15H,1-5H3,(H,26,28). The van der Waals surface area contributed by atoms with E-state index in [9.17, 15) is 8.42 Å². The lowest BCUT2D eigenvalue weighted by atomic mass is 10.0. The van der Waals surface area contributed by atoms with Gasteiger partial charge in [0.2, 0.25) is 10.0 Å². The van der Waals surface area contributed by atoms with Crippen molar-refractivity contribution in [3.8, 4) is 11.3 Å². The summed E-state index contributed by atoms with van der Waals surface area (Å²) >= 11 is 0. The first kappa shape index (κ1) is 21.9. The van der Waals surface area contributed by atoms with E-state index in [0.29, 0.717) is 22.6 Å². The van der Waals surface area contributed by atoms with Crippen molar-refractivity contribution in [1.29, 1.82) is 0 Å². The number of fused-ring (bicyclic) bond motifs is 1. The zero-order valence-corrected chi connectivity index (χ0v) is 19.7. The Labute approximate surface area is 189 Å². The van der Waals surface area contributed by atoms with Gasteiger partial charge in [-0.25, -0.2) is 12.7 Å². The van der Waals surface area contributed by atoms with Crippen molar-refractivity contribution in [2.24, 2.45) is 0 Å². The summed E-state index contributed by atoms with van der Waals surface area (Å²) in [6, 6.07) is 19.5. The van der Waals surface area contributed by atoms with E-state index < -0.39 is 10.0 Å². The number of sulfonamides is 1. The molecule has 1 aromatic heterocycles. The molecular weight excluding hydrogens is 420 g/mol. The van der Waals surface area contributed by atoms with Crippen LogP contribution < -0.4 is 5.32 Å². The Kier molecular flexibility index (Phi) is 5.71. The molecule has 3 aromatic carbocycles. The zero-order chi connectivity index (χ0) is 23.0. The van der Waals surface area contributed by atoms with Gasteiger partial charge in [-0.2, -0.15) is 0 Å². The fourth-order valence-corrected chi connectivity index (χ4v) is 4.86. The lowest BCUT2D eigenvalue weighted by Crippen LogP contribution is -2.23. The Balaban J connectivity index is 1.85. The van der Waals surface area contributed by atoms with Gasteiger partial charge in [0.25, 0.3) is 0 Å². The first-order valence-corrected chi connectivity index (χ1v) is 11.8. The Morgan fingerprint density at radius 1 is 0.812 bits per heavy atom. The number of aryl methyl sites for hydroxylation is 3. The van der Waals surface area contributed by atoms with E-state index in [4.69, 9.17) is 0 Å². The minimum Gasteiger partial charge on any atom is -0.338 e. The van der Waals surface area contributed by atoms with Crippen molar-refractivity contribution >= 4 is 32.3 Å². The number of aromatic nitrogens is 2. The zero-order valence-electron chi connectivity index (χ0n) is 18.8. The highest BCUT2D eigenvalue weighted by molar-refractivity contribution is 7.89. The molecule has 4 rings (SSSR count). The normalized spacial score (nSPS) is 11.8. The summed E-state index contributed by atoms with van der Waals surface area (Å²) in [5.41, 5.74) is 5.32. The van der Waals surface area contributed by atoms with E-state index in [1.807, 2.05) is 42.5 Å². The molecule has 0 saturated carbocycles. The molecule has 0 aliphatic carbocycles. The van der Waals surface area contributed by atoms with E-state index in [-0.39, 0.29) is 4.90 Å². The predicted molar refractivity (Wildman–Crippen MR) is 130 cm³/mol. The molecular formula is C25H26N4O2S. The van der Waals surface area contributed by atoms with Crippen molar-refractivity contribution in [2.75, 3.05) is 19.4 Å². The first-order valence-electron chi connectivity index (χ1n) is 10.3. The molecule has 0 aliphatic heterocycles. The molecule has 0 spiro atoms. The molecule has 1 N–H and O–H groups in total. The highest BCUT2D eigenvalue weighted by Gasteiger charge is 2.21. The molecule has 0 fully saturated rings. The highest BCUT2D eigenvalue weighted by Crippen LogP contribution is 2.33. The molecule has 0 saturated heterocycles. The van der Waals surface area contributed by atoms with E-state index in [2.05, 4.69) is 41.5 Å². The van der Waals surface area contributed by atoms with Crippen molar-refractivity contribution in [1.82, 2.24) is 14.5 Å². The molecule has 6 nitrogen and oxygen atoms in total. The summed E-state index contributed by atoms with van der Waals surface area (Å²) in [6.07, 6.45) is 0. The van der Waals surface area contributed by atoms with Crippen molar-refractivity contribution in [2.45, 2.75) is 25.7 Å². The van der Waals surface area contributed by atoms with Gasteiger partial charge in [-0.1, -0.05) is 54.1 Å². The maximum Gasteiger partial charge on any atom is 0.242 e. The van der Waals surface area contributed by atoms with Gasteiger partial charge in [0.05, 0.1) is 4.90 Å². The van der Waals surface area contributed by atoms with Crippen LogP contribution in [0.5, 0.6) is 0 Å². The summed E-state index contributed by atoms with van der Waals surface area (Å²) in [5, 5.41) is 14.2. The van der Waals surface area contributed by atoms with E-state index >= 15 is 0 Å². The number of nitrogens with one attached hydrogen (secondary N) is 1. The second-order valence-electron chi connectivity index (χ2n) is 8.15. The number of benzene rings is 3. The maximum absolute atomic E-state index is 12.8. The van der Waals surface area contributed by atoms with Gasteiger partial charge < -0.3 is 5.32 Å². The molecule has 0 unspecified atom stereocenters. The van der Waals surface area contributed by atoms with Crippen molar-refractivity contribution < 1.29 is 8.42 Å². The molecule has 0 amide bonds. The Hall–Kier alpha value is -3.29. The minimum atomic E-state index is -3.58. The van der Waals surface area contributed by atoms with Crippen LogP contribution in [-0.4, -0.2) is 37.0 Å². The molecule has 7 heteroatoms. The minimum absolute atomic E-state index is 0.267. The number of anilines is 2. The van der Waals surface area contributed by atoms with Crippen LogP contribution in [0.4, 0.5) is 11.5 Å². The topological polar surface area (TPSA) is 75.2 Å². The summed E-state index contributed by atoms with van der Waals surface area (Å²) in [6.45, 7) is 5.91. The van der Waals surface area contributed by atoms with Crippen LogP contribution >= 0.6 is 0 Å². The van der Waals surface area contributed by atoms with Gasteiger partial charge in [0, 0.05) is 36.1 Å². The molecule has 0 aliphatic rings. The largest absolute Gasteiger partial charge is 0.338 e. The van der Waals surface area contributed by atoms with Crippen LogP contribution in [0.25, 0.3) is 22.0 Å². The van der Waals surface area contributed by atoms with Gasteiger partial charge >= 0.3 is 0 Å². The van der Waals surface area contributed by atoms with Crippen LogP contribution in [0.1, 0.15) is 16.7 Å². The van der Waals surface area contributed by atoms with Crippen LogP contribution in [-0.2, 0) is 10.0 Å². The van der Waals surface area contributed by atoms with Crippen LogP contribution in [0, 0.1) is 20.8 Å². The summed E-state index contributed by atoms with van der Waals surface area (Å²) in [5.74, 6) is 0.657. The van der Waals surface area contributed by atoms with E-state index in [0.717, 1.165) is 22.0 Å². The monoisotopic (exact) mass is 446 g/mol. The third-order valence-corrected chi connectivity index (χ3v) is 7.50. The molecule has 0 radical (unpaired) electrons. The number of hydrogen-bond donors (Lipinski definition) is 1. The summed E-state index contributed by atoms with van der Waals surface area (Å²) in [4.78, 5) is 0.267. The van der Waals surface area contributed by atoms with Crippen LogP contribution in [0.15, 0.2) is 65.6 Å². The second kappa shape index (κ2) is 8.33. The lowest BCUT2D eigenvalue weighted by Gasteiger charge is -2.16. The fraction of sp³-hybridized carbons (Fsp3) is 0.200. The molecule has 164 valence electrons. The van der Waals surface area contributed by atoms with E-state index in [1.165, 1.54) is 24.0 Å². The molecule has 1 heterocycles. The fourth-order valence-electron chi connectivity index (χ4n) is 3.71. The third kappa shape index (κ3) is 3.97. The maximum atomic E-state index is 12.8. The number of hydrogen-bond acceptors (Lipinski definition) is 5.